The third kappa shape index (κ3) is 5.32. The molecule has 1 amide bonds. The molecule has 1 fully saturated rings. The minimum atomic E-state index is -0.224. The van der Waals surface area contributed by atoms with Crippen LogP contribution in [0.15, 0.2) is 78.9 Å². The second-order valence-corrected chi connectivity index (χ2v) is 7.94. The summed E-state index contributed by atoms with van der Waals surface area (Å²) in [6.07, 6.45) is 2.59. The number of likely N-dealkylation sites (tertiary alicyclic amines) is 1. The maximum Gasteiger partial charge on any atom is 0.257 e. The fourth-order valence-corrected chi connectivity index (χ4v) is 3.89. The Morgan fingerprint density at radius 3 is 2.13 bits per heavy atom. The van der Waals surface area contributed by atoms with E-state index in [1.54, 1.807) is 0 Å². The first-order valence-electron chi connectivity index (χ1n) is 10.3. The first-order chi connectivity index (χ1) is 14.7. The smallest absolute Gasteiger partial charge is 0.257 e. The lowest BCUT2D eigenvalue weighted by molar-refractivity contribution is 0.0978. The first-order valence-corrected chi connectivity index (χ1v) is 10.7. The molecule has 2 N–H and O–H groups in total. The van der Waals surface area contributed by atoms with Crippen molar-refractivity contribution in [3.05, 3.63) is 90.0 Å². The van der Waals surface area contributed by atoms with Gasteiger partial charge in [-0.2, -0.15) is 0 Å². The van der Waals surface area contributed by atoms with E-state index in [4.69, 9.17) is 12.2 Å². The monoisotopic (exact) mass is 415 g/mol. The standard InChI is InChI=1S/C25H25N3OS/c29-24(22-12-10-21(11-13-22)20-6-2-1-3-7-20)27-25(30)26-23-14-8-19(9-15-23)18-28-16-4-5-17-28/h1-3,6-15H,4-5,16-18H2,(H2,26,27,29,30). The van der Waals surface area contributed by atoms with Crippen LogP contribution in [-0.2, 0) is 6.54 Å². The zero-order chi connectivity index (χ0) is 20.8. The molecule has 4 nitrogen and oxygen atoms in total. The van der Waals surface area contributed by atoms with E-state index < -0.39 is 0 Å². The highest BCUT2D eigenvalue weighted by molar-refractivity contribution is 7.80. The number of anilines is 1. The van der Waals surface area contributed by atoms with Gasteiger partial charge in [-0.25, -0.2) is 0 Å². The summed E-state index contributed by atoms with van der Waals surface area (Å²) in [4.78, 5) is 15.0. The highest BCUT2D eigenvalue weighted by Crippen LogP contribution is 2.19. The summed E-state index contributed by atoms with van der Waals surface area (Å²) in [6.45, 7) is 3.35. The summed E-state index contributed by atoms with van der Waals surface area (Å²) in [5, 5.41) is 6.13. The summed E-state index contributed by atoms with van der Waals surface area (Å²) in [7, 11) is 0. The van der Waals surface area contributed by atoms with Crippen molar-refractivity contribution in [2.24, 2.45) is 0 Å². The molecule has 5 heteroatoms. The van der Waals surface area contributed by atoms with Gasteiger partial charge >= 0.3 is 0 Å². The lowest BCUT2D eigenvalue weighted by Crippen LogP contribution is -2.34. The molecule has 0 spiro atoms. The lowest BCUT2D eigenvalue weighted by atomic mass is 10.0. The van der Waals surface area contributed by atoms with E-state index in [2.05, 4.69) is 27.7 Å². The number of nitrogens with one attached hydrogen (secondary N) is 2. The Bertz CT molecular complexity index is 995. The molecule has 0 bridgehead atoms. The molecule has 0 unspecified atom stereocenters. The molecule has 1 aliphatic heterocycles. The number of carbonyl (C=O) groups is 1. The molecule has 0 atom stereocenters. The lowest BCUT2D eigenvalue weighted by Gasteiger charge is -2.15. The van der Waals surface area contributed by atoms with Gasteiger partial charge in [0.2, 0.25) is 0 Å². The maximum atomic E-state index is 12.5. The van der Waals surface area contributed by atoms with Crippen LogP contribution in [0.5, 0.6) is 0 Å². The predicted molar refractivity (Wildman–Crippen MR) is 127 cm³/mol. The highest BCUT2D eigenvalue weighted by Gasteiger charge is 2.12. The van der Waals surface area contributed by atoms with Gasteiger partial charge in [0.05, 0.1) is 0 Å². The number of rotatable bonds is 5. The fraction of sp³-hybridized carbons (Fsp3) is 0.200. The molecule has 1 saturated heterocycles. The third-order valence-electron chi connectivity index (χ3n) is 5.30. The average Bonchev–Trinajstić information content (AvgIpc) is 3.29. The largest absolute Gasteiger partial charge is 0.332 e. The molecule has 4 rings (SSSR count). The van der Waals surface area contributed by atoms with E-state index in [0.29, 0.717) is 10.7 Å². The first kappa shape index (κ1) is 20.3. The van der Waals surface area contributed by atoms with Crippen molar-refractivity contribution in [2.75, 3.05) is 18.4 Å². The van der Waals surface area contributed by atoms with Gasteiger partial charge in [0.15, 0.2) is 5.11 Å². The Balaban J connectivity index is 1.30. The van der Waals surface area contributed by atoms with E-state index in [9.17, 15) is 4.79 Å². The zero-order valence-corrected chi connectivity index (χ0v) is 17.6. The zero-order valence-electron chi connectivity index (χ0n) is 16.8. The molecule has 3 aromatic carbocycles. The normalized spacial score (nSPS) is 13.7. The Hall–Kier alpha value is -3.02. The Kier molecular flexibility index (Phi) is 6.52. The molecule has 0 aliphatic carbocycles. The van der Waals surface area contributed by atoms with Crippen LogP contribution >= 0.6 is 12.2 Å². The van der Waals surface area contributed by atoms with Crippen LogP contribution in [0.25, 0.3) is 11.1 Å². The van der Waals surface area contributed by atoms with Gasteiger partial charge in [-0.05, 0) is 79.1 Å². The highest BCUT2D eigenvalue weighted by atomic mass is 32.1. The van der Waals surface area contributed by atoms with Crippen LogP contribution < -0.4 is 10.6 Å². The number of nitrogens with zero attached hydrogens (tertiary/aromatic N) is 1. The summed E-state index contributed by atoms with van der Waals surface area (Å²) < 4.78 is 0. The van der Waals surface area contributed by atoms with Gasteiger partial charge < -0.3 is 5.32 Å². The number of thiocarbonyl (C=S) groups is 1. The quantitative estimate of drug-likeness (QED) is 0.571. The number of hydrogen-bond donors (Lipinski definition) is 2. The predicted octanol–water partition coefficient (Wildman–Crippen LogP) is 5.08. The van der Waals surface area contributed by atoms with E-state index in [1.165, 1.54) is 31.5 Å². The molecule has 30 heavy (non-hydrogen) atoms. The van der Waals surface area contributed by atoms with E-state index in [0.717, 1.165) is 23.4 Å². The molecular formula is C25H25N3OS. The number of benzene rings is 3. The molecule has 0 saturated carbocycles. The topological polar surface area (TPSA) is 44.4 Å². The van der Waals surface area contributed by atoms with Crippen molar-refractivity contribution in [2.45, 2.75) is 19.4 Å². The van der Waals surface area contributed by atoms with E-state index in [1.807, 2.05) is 66.7 Å². The third-order valence-corrected chi connectivity index (χ3v) is 5.50. The summed E-state index contributed by atoms with van der Waals surface area (Å²) in [6, 6.07) is 25.8. The van der Waals surface area contributed by atoms with Crippen LogP contribution in [0.4, 0.5) is 5.69 Å². The molecule has 0 radical (unpaired) electrons. The SMILES string of the molecule is O=C(NC(=S)Nc1ccc(CN2CCCC2)cc1)c1ccc(-c2ccccc2)cc1. The molecule has 1 aliphatic rings. The molecule has 3 aromatic rings. The van der Waals surface area contributed by atoms with Crippen LogP contribution in [0, 0.1) is 0 Å². The maximum absolute atomic E-state index is 12.5. The summed E-state index contributed by atoms with van der Waals surface area (Å²) in [5.74, 6) is -0.224. The van der Waals surface area contributed by atoms with Crippen molar-refractivity contribution in [3.8, 4) is 11.1 Å². The minimum absolute atomic E-state index is 0.224. The van der Waals surface area contributed by atoms with Gasteiger partial charge in [0.1, 0.15) is 0 Å². The minimum Gasteiger partial charge on any atom is -0.332 e. The number of carbonyl (C=O) groups excluding carboxylic acids is 1. The fourth-order valence-electron chi connectivity index (χ4n) is 3.67. The van der Waals surface area contributed by atoms with Gasteiger partial charge in [-0.1, -0.05) is 54.6 Å². The second-order valence-electron chi connectivity index (χ2n) is 7.53. The summed E-state index contributed by atoms with van der Waals surface area (Å²) >= 11 is 5.31. The van der Waals surface area contributed by atoms with Crippen molar-refractivity contribution >= 4 is 28.9 Å². The van der Waals surface area contributed by atoms with Crippen molar-refractivity contribution in [1.82, 2.24) is 10.2 Å². The molecule has 152 valence electrons. The molecular weight excluding hydrogens is 390 g/mol. The van der Waals surface area contributed by atoms with Gasteiger partial charge in [0.25, 0.3) is 5.91 Å². The summed E-state index contributed by atoms with van der Waals surface area (Å²) in [5.41, 5.74) is 4.91. The van der Waals surface area contributed by atoms with Crippen molar-refractivity contribution in [1.29, 1.82) is 0 Å². The van der Waals surface area contributed by atoms with Crippen molar-refractivity contribution < 1.29 is 4.79 Å². The van der Waals surface area contributed by atoms with Crippen LogP contribution in [-0.4, -0.2) is 29.0 Å². The molecule has 1 heterocycles. The van der Waals surface area contributed by atoms with Crippen molar-refractivity contribution in [3.63, 3.8) is 0 Å². The van der Waals surface area contributed by atoms with Crippen LogP contribution in [0.1, 0.15) is 28.8 Å². The molecule has 0 aromatic heterocycles. The Labute approximate surface area is 182 Å². The average molecular weight is 416 g/mol. The van der Waals surface area contributed by atoms with Gasteiger partial charge in [-0.3, -0.25) is 15.0 Å². The second kappa shape index (κ2) is 9.65. The van der Waals surface area contributed by atoms with Crippen LogP contribution in [0.2, 0.25) is 0 Å². The Morgan fingerprint density at radius 1 is 0.833 bits per heavy atom. The Morgan fingerprint density at radius 2 is 1.47 bits per heavy atom. The number of amides is 1. The van der Waals surface area contributed by atoms with Gasteiger partial charge in [0, 0.05) is 17.8 Å². The van der Waals surface area contributed by atoms with E-state index >= 15 is 0 Å². The van der Waals surface area contributed by atoms with Gasteiger partial charge in [-0.15, -0.1) is 0 Å². The number of hydrogen-bond acceptors (Lipinski definition) is 3. The van der Waals surface area contributed by atoms with E-state index in [-0.39, 0.29) is 5.91 Å². The van der Waals surface area contributed by atoms with Crippen LogP contribution in [0.3, 0.4) is 0 Å².